The highest BCUT2D eigenvalue weighted by Gasteiger charge is 2.19. The average molecular weight is 208 g/mol. The number of carboxylic acids is 1. The summed E-state index contributed by atoms with van der Waals surface area (Å²) in [4.78, 5) is 31.8. The Bertz CT molecular complexity index is 361. The Morgan fingerprint density at radius 2 is 1.73 bits per heavy atom. The Kier molecular flexibility index (Phi) is 5.06. The van der Waals surface area contributed by atoms with E-state index in [4.69, 9.17) is 18.0 Å². The van der Waals surface area contributed by atoms with E-state index in [-0.39, 0.29) is 6.54 Å². The summed E-state index contributed by atoms with van der Waals surface area (Å²) in [5, 5.41) is 12.7. The second-order valence-electron chi connectivity index (χ2n) is 2.36. The molecule has 0 aromatic rings. The molecule has 6 nitrogen and oxygen atoms in total. The van der Waals surface area contributed by atoms with Gasteiger partial charge in [-0.2, -0.15) is 0 Å². The predicted molar refractivity (Wildman–Crippen MR) is 50.2 cm³/mol. The van der Waals surface area contributed by atoms with Crippen molar-refractivity contribution in [1.29, 1.82) is 0 Å². The number of amides is 2. The zero-order valence-electron chi connectivity index (χ0n) is 7.61. The standard InChI is InChI=1S/C9H8N2O4/c1-3-7(12)10-5-6(9(14)15)11-8(13)4-2/h1-2,6H,5H2,(H,10,12)(H,11,13)(H,14,15). The van der Waals surface area contributed by atoms with Gasteiger partial charge in [0.1, 0.15) is 6.04 Å². The minimum absolute atomic E-state index is 0.328. The number of carbonyl (C=O) groups excluding carboxylic acids is 2. The second kappa shape index (κ2) is 6.06. The van der Waals surface area contributed by atoms with Crippen molar-refractivity contribution in [3.8, 4) is 24.7 Å². The van der Waals surface area contributed by atoms with E-state index in [1.165, 1.54) is 0 Å². The molecule has 1 unspecified atom stereocenters. The van der Waals surface area contributed by atoms with Gasteiger partial charge in [-0.05, 0) is 11.8 Å². The first-order chi connectivity index (χ1) is 7.01. The second-order valence-corrected chi connectivity index (χ2v) is 2.36. The van der Waals surface area contributed by atoms with E-state index in [9.17, 15) is 14.4 Å². The molecule has 0 bridgehead atoms. The van der Waals surface area contributed by atoms with Crippen molar-refractivity contribution in [3.63, 3.8) is 0 Å². The van der Waals surface area contributed by atoms with Crippen LogP contribution in [0.1, 0.15) is 0 Å². The Labute approximate surface area is 86.0 Å². The molecule has 78 valence electrons. The molecule has 3 N–H and O–H groups in total. The van der Waals surface area contributed by atoms with E-state index in [1.807, 2.05) is 5.32 Å². The number of rotatable bonds is 4. The van der Waals surface area contributed by atoms with E-state index in [2.05, 4.69) is 5.32 Å². The lowest BCUT2D eigenvalue weighted by atomic mass is 10.3. The summed E-state index contributed by atoms with van der Waals surface area (Å²) in [6.07, 6.45) is 9.46. The van der Waals surface area contributed by atoms with Crippen LogP contribution in [-0.2, 0) is 14.4 Å². The van der Waals surface area contributed by atoms with Crippen molar-refractivity contribution in [1.82, 2.24) is 10.6 Å². The number of hydrogen-bond donors (Lipinski definition) is 3. The molecule has 0 aromatic carbocycles. The van der Waals surface area contributed by atoms with Gasteiger partial charge in [0.2, 0.25) is 0 Å². The van der Waals surface area contributed by atoms with Crippen LogP contribution >= 0.6 is 0 Å². The average Bonchev–Trinajstić information content (AvgIpc) is 2.22. The molecule has 0 spiro atoms. The smallest absolute Gasteiger partial charge is 0.328 e. The lowest BCUT2D eigenvalue weighted by Gasteiger charge is -2.11. The quantitative estimate of drug-likeness (QED) is 0.463. The minimum Gasteiger partial charge on any atom is -0.480 e. The van der Waals surface area contributed by atoms with E-state index in [1.54, 1.807) is 11.8 Å². The zero-order valence-corrected chi connectivity index (χ0v) is 7.61. The normalized spacial score (nSPS) is 10.3. The highest BCUT2D eigenvalue weighted by atomic mass is 16.4. The van der Waals surface area contributed by atoms with Gasteiger partial charge in [-0.1, -0.05) is 0 Å². The largest absolute Gasteiger partial charge is 0.480 e. The fourth-order valence-corrected chi connectivity index (χ4v) is 0.646. The van der Waals surface area contributed by atoms with E-state index >= 15 is 0 Å². The third kappa shape index (κ3) is 4.96. The van der Waals surface area contributed by atoms with Crippen molar-refractivity contribution < 1.29 is 19.5 Å². The van der Waals surface area contributed by atoms with Crippen molar-refractivity contribution in [2.45, 2.75) is 6.04 Å². The topological polar surface area (TPSA) is 95.5 Å². The van der Waals surface area contributed by atoms with Gasteiger partial charge < -0.3 is 15.7 Å². The summed E-state index contributed by atoms with van der Waals surface area (Å²) in [6.45, 7) is -0.328. The molecule has 0 radical (unpaired) electrons. The zero-order chi connectivity index (χ0) is 11.8. The number of nitrogens with one attached hydrogen (secondary N) is 2. The van der Waals surface area contributed by atoms with Gasteiger partial charge in [-0.15, -0.1) is 12.8 Å². The summed E-state index contributed by atoms with van der Waals surface area (Å²) < 4.78 is 0. The summed E-state index contributed by atoms with van der Waals surface area (Å²) in [6, 6.07) is -1.30. The van der Waals surface area contributed by atoms with E-state index in [0.29, 0.717) is 0 Å². The van der Waals surface area contributed by atoms with Crippen LogP contribution in [0.5, 0.6) is 0 Å². The fourth-order valence-electron chi connectivity index (χ4n) is 0.646. The Morgan fingerprint density at radius 3 is 2.13 bits per heavy atom. The van der Waals surface area contributed by atoms with Crippen molar-refractivity contribution >= 4 is 17.8 Å². The molecular weight excluding hydrogens is 200 g/mol. The molecule has 0 aromatic heterocycles. The maximum atomic E-state index is 10.7. The van der Waals surface area contributed by atoms with Crippen LogP contribution in [0.25, 0.3) is 0 Å². The van der Waals surface area contributed by atoms with Crippen molar-refractivity contribution in [2.24, 2.45) is 0 Å². The lowest BCUT2D eigenvalue weighted by molar-refractivity contribution is -0.141. The number of carboxylic acid groups (broad SMARTS) is 1. The molecule has 1 atom stereocenters. The number of aliphatic carboxylic acids is 1. The monoisotopic (exact) mass is 208 g/mol. The highest BCUT2D eigenvalue weighted by molar-refractivity contribution is 5.96. The molecule has 6 heteroatoms. The summed E-state index contributed by atoms with van der Waals surface area (Å²) in [5.74, 6) is 0.448. The van der Waals surface area contributed by atoms with Crippen LogP contribution in [-0.4, -0.2) is 35.5 Å². The molecule has 0 saturated carbocycles. The van der Waals surface area contributed by atoms with Gasteiger partial charge in [-0.3, -0.25) is 9.59 Å². The molecule has 2 amide bonds. The molecule has 0 fully saturated rings. The van der Waals surface area contributed by atoms with Crippen LogP contribution in [0.15, 0.2) is 0 Å². The van der Waals surface area contributed by atoms with Gasteiger partial charge in [-0.25, -0.2) is 4.79 Å². The Hall–Kier alpha value is -2.47. The van der Waals surface area contributed by atoms with E-state index in [0.717, 1.165) is 0 Å². The first-order valence-corrected chi connectivity index (χ1v) is 3.75. The maximum absolute atomic E-state index is 10.7. The van der Waals surface area contributed by atoms with Crippen LogP contribution in [0.3, 0.4) is 0 Å². The Morgan fingerprint density at radius 1 is 1.20 bits per heavy atom. The van der Waals surface area contributed by atoms with Gasteiger partial charge in [0.15, 0.2) is 0 Å². The first-order valence-electron chi connectivity index (χ1n) is 3.75. The summed E-state index contributed by atoms with van der Waals surface area (Å²) in [7, 11) is 0. The summed E-state index contributed by atoms with van der Waals surface area (Å²) >= 11 is 0. The molecule has 0 rings (SSSR count). The maximum Gasteiger partial charge on any atom is 0.328 e. The minimum atomic E-state index is -1.32. The summed E-state index contributed by atoms with van der Waals surface area (Å²) in [5.41, 5.74) is 0. The van der Waals surface area contributed by atoms with E-state index < -0.39 is 23.8 Å². The molecule has 0 heterocycles. The van der Waals surface area contributed by atoms with Gasteiger partial charge in [0.25, 0.3) is 11.8 Å². The molecular formula is C9H8N2O4. The number of hydrogen-bond acceptors (Lipinski definition) is 3. The third-order valence-electron chi connectivity index (χ3n) is 1.33. The number of carbonyl (C=O) groups is 3. The molecule has 0 aliphatic rings. The van der Waals surface area contributed by atoms with Gasteiger partial charge >= 0.3 is 5.97 Å². The van der Waals surface area contributed by atoms with Gasteiger partial charge in [0.05, 0.1) is 0 Å². The van der Waals surface area contributed by atoms with Crippen LogP contribution in [0, 0.1) is 24.7 Å². The molecule has 0 saturated heterocycles. The predicted octanol–water partition coefficient (Wildman–Crippen LogP) is -2.06. The first kappa shape index (κ1) is 12.5. The highest BCUT2D eigenvalue weighted by Crippen LogP contribution is 1.82. The number of terminal acetylenes is 2. The molecule has 15 heavy (non-hydrogen) atoms. The van der Waals surface area contributed by atoms with Crippen LogP contribution in [0.4, 0.5) is 0 Å². The Balaban J connectivity index is 4.26. The van der Waals surface area contributed by atoms with Gasteiger partial charge in [0, 0.05) is 6.54 Å². The van der Waals surface area contributed by atoms with Crippen molar-refractivity contribution in [3.05, 3.63) is 0 Å². The van der Waals surface area contributed by atoms with Crippen molar-refractivity contribution in [2.75, 3.05) is 6.54 Å². The fraction of sp³-hybridized carbons (Fsp3) is 0.222. The molecule has 0 aliphatic carbocycles. The third-order valence-corrected chi connectivity index (χ3v) is 1.33. The lowest BCUT2D eigenvalue weighted by Crippen LogP contribution is -2.47. The SMILES string of the molecule is C#CC(=O)NCC(NC(=O)C#C)C(=O)O. The van der Waals surface area contributed by atoms with Crippen LogP contribution < -0.4 is 10.6 Å². The molecule has 0 aliphatic heterocycles. The van der Waals surface area contributed by atoms with Crippen LogP contribution in [0.2, 0.25) is 0 Å².